The Balaban J connectivity index is 1.49. The number of aromatic nitrogens is 4. The number of fused-ring (bicyclic) bond motifs is 3. The molecule has 3 aromatic heterocycles. The van der Waals surface area contributed by atoms with Gasteiger partial charge in [-0.25, -0.2) is 9.97 Å². The fourth-order valence-corrected chi connectivity index (χ4v) is 4.07. The fraction of sp³-hybridized carbons (Fsp3) is 0.304. The predicted molar refractivity (Wildman–Crippen MR) is 116 cm³/mol. The molecule has 0 spiro atoms. The van der Waals surface area contributed by atoms with Gasteiger partial charge >= 0.3 is 6.18 Å². The van der Waals surface area contributed by atoms with Crippen molar-refractivity contribution in [2.75, 3.05) is 5.73 Å². The van der Waals surface area contributed by atoms with Crippen LogP contribution in [0.4, 0.5) is 19.0 Å². The average Bonchev–Trinajstić information content (AvgIpc) is 3.52. The number of hydrogen-bond acceptors (Lipinski definition) is 5. The largest absolute Gasteiger partial charge is 0.417 e. The van der Waals surface area contributed by atoms with Gasteiger partial charge in [-0.2, -0.15) is 13.2 Å². The highest BCUT2D eigenvalue weighted by Gasteiger charge is 2.35. The summed E-state index contributed by atoms with van der Waals surface area (Å²) in [4.78, 5) is 27.7. The minimum Gasteiger partial charge on any atom is -0.382 e. The number of carbonyl (C=O) groups excluding carboxylic acids is 1. The first-order valence-corrected chi connectivity index (χ1v) is 10.6. The molecule has 170 valence electrons. The van der Waals surface area contributed by atoms with Gasteiger partial charge in [-0.05, 0) is 56.0 Å². The van der Waals surface area contributed by atoms with E-state index in [0.29, 0.717) is 39.5 Å². The second-order valence-corrected chi connectivity index (χ2v) is 8.40. The summed E-state index contributed by atoms with van der Waals surface area (Å²) < 4.78 is 40.4. The number of imidazole rings is 1. The highest BCUT2D eigenvalue weighted by atomic mass is 19.4. The monoisotopic (exact) mass is 454 g/mol. The molecule has 1 amide bonds. The Morgan fingerprint density at radius 1 is 1.21 bits per heavy atom. The highest BCUT2D eigenvalue weighted by molar-refractivity contribution is 5.98. The SMILES string of the molecule is CC(C1CC1)N(Cc1ccc(C(F)(F)F)cn1)C(=O)c1ccc2nc(N)c3cncn3c2c1. The van der Waals surface area contributed by atoms with Crippen molar-refractivity contribution in [3.8, 4) is 0 Å². The number of alkyl halides is 3. The summed E-state index contributed by atoms with van der Waals surface area (Å²) in [5.41, 5.74) is 7.98. The summed E-state index contributed by atoms with van der Waals surface area (Å²) in [7, 11) is 0. The number of halogens is 3. The van der Waals surface area contributed by atoms with Crippen LogP contribution in [0.3, 0.4) is 0 Å². The van der Waals surface area contributed by atoms with Crippen LogP contribution in [0.2, 0.25) is 0 Å². The van der Waals surface area contributed by atoms with E-state index in [9.17, 15) is 18.0 Å². The third-order valence-electron chi connectivity index (χ3n) is 6.16. The fourth-order valence-electron chi connectivity index (χ4n) is 4.07. The number of anilines is 1. The third-order valence-corrected chi connectivity index (χ3v) is 6.16. The standard InChI is InChI=1S/C23H21F3N6O/c1-13(14-2-3-14)31(11-17-6-5-16(9-29-17)23(24,25)26)22(33)15-4-7-18-19(8-15)32-12-28-10-20(32)21(27)30-18/h4-10,12-14H,2-3,11H2,1H3,(H2,27,30). The van der Waals surface area contributed by atoms with Crippen LogP contribution in [0.25, 0.3) is 16.6 Å². The minimum atomic E-state index is -4.45. The van der Waals surface area contributed by atoms with E-state index >= 15 is 0 Å². The van der Waals surface area contributed by atoms with Gasteiger partial charge in [0.2, 0.25) is 0 Å². The van der Waals surface area contributed by atoms with Crippen molar-refractivity contribution in [3.05, 3.63) is 65.9 Å². The van der Waals surface area contributed by atoms with Crippen molar-refractivity contribution in [2.24, 2.45) is 5.92 Å². The third kappa shape index (κ3) is 3.96. The molecule has 1 aromatic carbocycles. The number of pyridine rings is 1. The van der Waals surface area contributed by atoms with Gasteiger partial charge in [0.1, 0.15) is 11.3 Å². The number of hydrogen-bond donors (Lipinski definition) is 1. The molecule has 1 fully saturated rings. The molecular weight excluding hydrogens is 433 g/mol. The van der Waals surface area contributed by atoms with Crippen LogP contribution in [-0.2, 0) is 12.7 Å². The zero-order valence-electron chi connectivity index (χ0n) is 17.8. The number of nitrogen functional groups attached to an aromatic ring is 1. The lowest BCUT2D eigenvalue weighted by atomic mass is 10.1. The van der Waals surface area contributed by atoms with Gasteiger partial charge in [0.25, 0.3) is 5.91 Å². The first-order chi connectivity index (χ1) is 15.7. The van der Waals surface area contributed by atoms with E-state index in [-0.39, 0.29) is 18.5 Å². The molecule has 0 bridgehead atoms. The Morgan fingerprint density at radius 2 is 2.00 bits per heavy atom. The lowest BCUT2D eigenvalue weighted by molar-refractivity contribution is -0.137. The molecular formula is C23H21F3N6O. The second-order valence-electron chi connectivity index (χ2n) is 8.40. The zero-order valence-corrected chi connectivity index (χ0v) is 17.8. The zero-order chi connectivity index (χ0) is 23.3. The van der Waals surface area contributed by atoms with Crippen molar-refractivity contribution < 1.29 is 18.0 Å². The first-order valence-electron chi connectivity index (χ1n) is 10.6. The molecule has 10 heteroatoms. The summed E-state index contributed by atoms with van der Waals surface area (Å²) >= 11 is 0. The Bertz CT molecular complexity index is 1340. The summed E-state index contributed by atoms with van der Waals surface area (Å²) in [5.74, 6) is 0.491. The molecule has 3 heterocycles. The first kappa shape index (κ1) is 21.2. The Labute approximate surface area is 187 Å². The lowest BCUT2D eigenvalue weighted by Gasteiger charge is -2.29. The van der Waals surface area contributed by atoms with Crippen molar-refractivity contribution in [1.29, 1.82) is 0 Å². The van der Waals surface area contributed by atoms with E-state index in [1.165, 1.54) is 6.07 Å². The molecule has 0 radical (unpaired) electrons. The number of benzene rings is 1. The van der Waals surface area contributed by atoms with E-state index in [1.54, 1.807) is 40.0 Å². The van der Waals surface area contributed by atoms with E-state index in [2.05, 4.69) is 15.0 Å². The molecule has 0 saturated heterocycles. The van der Waals surface area contributed by atoms with Crippen molar-refractivity contribution in [1.82, 2.24) is 24.3 Å². The maximum absolute atomic E-state index is 13.6. The molecule has 0 aliphatic heterocycles. The van der Waals surface area contributed by atoms with Gasteiger partial charge in [0.05, 0.1) is 41.4 Å². The van der Waals surface area contributed by atoms with E-state index in [4.69, 9.17) is 5.73 Å². The Hall–Kier alpha value is -3.69. The number of amides is 1. The quantitative estimate of drug-likeness (QED) is 0.485. The minimum absolute atomic E-state index is 0.0740. The van der Waals surface area contributed by atoms with Crippen LogP contribution in [0.5, 0.6) is 0 Å². The van der Waals surface area contributed by atoms with Gasteiger partial charge < -0.3 is 10.6 Å². The van der Waals surface area contributed by atoms with E-state index in [1.807, 2.05) is 6.92 Å². The maximum atomic E-state index is 13.6. The van der Waals surface area contributed by atoms with Gasteiger partial charge in [-0.1, -0.05) is 0 Å². The van der Waals surface area contributed by atoms with Crippen LogP contribution in [0.15, 0.2) is 49.1 Å². The van der Waals surface area contributed by atoms with E-state index in [0.717, 1.165) is 25.1 Å². The van der Waals surface area contributed by atoms with Crippen molar-refractivity contribution >= 4 is 28.3 Å². The molecule has 1 aliphatic rings. The smallest absolute Gasteiger partial charge is 0.382 e. The molecule has 1 unspecified atom stereocenters. The molecule has 5 rings (SSSR count). The van der Waals surface area contributed by atoms with Gasteiger partial charge in [-0.3, -0.25) is 14.2 Å². The number of nitrogens with zero attached hydrogens (tertiary/aromatic N) is 5. The number of rotatable bonds is 5. The molecule has 33 heavy (non-hydrogen) atoms. The molecule has 1 saturated carbocycles. The summed E-state index contributed by atoms with van der Waals surface area (Å²) in [6.07, 6.45) is 1.60. The summed E-state index contributed by atoms with van der Waals surface area (Å²) in [5, 5.41) is 0. The second kappa shape index (κ2) is 7.72. The van der Waals surface area contributed by atoms with Crippen LogP contribution in [-0.4, -0.2) is 36.2 Å². The van der Waals surface area contributed by atoms with Crippen molar-refractivity contribution in [2.45, 2.75) is 38.5 Å². The van der Waals surface area contributed by atoms with Crippen LogP contribution < -0.4 is 5.73 Å². The predicted octanol–water partition coefficient (Wildman–Crippen LogP) is 4.32. The van der Waals surface area contributed by atoms with Gasteiger partial charge in [-0.15, -0.1) is 0 Å². The summed E-state index contributed by atoms with van der Waals surface area (Å²) in [6.45, 7) is 2.09. The highest BCUT2D eigenvalue weighted by Crippen LogP contribution is 2.36. The molecule has 2 N–H and O–H groups in total. The number of carbonyl (C=O) groups is 1. The van der Waals surface area contributed by atoms with Crippen molar-refractivity contribution in [3.63, 3.8) is 0 Å². The molecule has 1 atom stereocenters. The van der Waals surface area contributed by atoms with Crippen LogP contribution >= 0.6 is 0 Å². The normalized spacial score (nSPS) is 15.2. The number of nitrogens with two attached hydrogens (primary N) is 1. The van der Waals surface area contributed by atoms with Gasteiger partial charge in [0, 0.05) is 17.8 Å². The van der Waals surface area contributed by atoms with Crippen LogP contribution in [0.1, 0.15) is 41.4 Å². The molecule has 7 nitrogen and oxygen atoms in total. The lowest BCUT2D eigenvalue weighted by Crippen LogP contribution is -2.39. The van der Waals surface area contributed by atoms with Gasteiger partial charge in [0.15, 0.2) is 0 Å². The summed E-state index contributed by atoms with van der Waals surface area (Å²) in [6, 6.07) is 7.40. The van der Waals surface area contributed by atoms with E-state index < -0.39 is 11.7 Å². The van der Waals surface area contributed by atoms with Crippen LogP contribution in [0, 0.1) is 5.92 Å². The molecule has 1 aliphatic carbocycles. The molecule has 4 aromatic rings. The maximum Gasteiger partial charge on any atom is 0.417 e. The average molecular weight is 454 g/mol. The Morgan fingerprint density at radius 3 is 2.67 bits per heavy atom. The topological polar surface area (TPSA) is 89.4 Å². The Kier molecular flexibility index (Phi) is 4.95.